The van der Waals surface area contributed by atoms with E-state index < -0.39 is 0 Å². The summed E-state index contributed by atoms with van der Waals surface area (Å²) < 4.78 is 0. The molecule has 1 aromatic rings. The molecule has 0 unspecified atom stereocenters. The van der Waals surface area contributed by atoms with E-state index in [0.29, 0.717) is 30.9 Å². The number of carbonyl (C=O) groups excluding carboxylic acids is 1. The minimum Gasteiger partial charge on any atom is -0.336 e. The molecule has 1 rings (SSSR count). The summed E-state index contributed by atoms with van der Waals surface area (Å²) in [6, 6.07) is 0. The molecule has 0 N–H and O–H groups in total. The van der Waals surface area contributed by atoms with Gasteiger partial charge < -0.3 is 9.74 Å². The van der Waals surface area contributed by atoms with Crippen LogP contribution in [0.3, 0.4) is 0 Å². The van der Waals surface area contributed by atoms with E-state index in [9.17, 15) is 4.79 Å². The van der Waals surface area contributed by atoms with Crippen molar-refractivity contribution < 1.29 is 4.79 Å². The maximum absolute atomic E-state index is 10.3. The minimum absolute atomic E-state index is 0.412. The van der Waals surface area contributed by atoms with Crippen LogP contribution in [0.15, 0.2) is 12.4 Å². The zero-order valence-electron chi connectivity index (χ0n) is 7.84. The van der Waals surface area contributed by atoms with Crippen molar-refractivity contribution in [2.24, 2.45) is 0 Å². The van der Waals surface area contributed by atoms with Crippen molar-refractivity contribution in [1.82, 2.24) is 9.97 Å². The number of carbonyl (C=O) groups is 1. The van der Waals surface area contributed by atoms with Crippen molar-refractivity contribution in [3.05, 3.63) is 29.4 Å². The summed E-state index contributed by atoms with van der Waals surface area (Å²) in [7, 11) is 1.81. The first-order valence-electron chi connectivity index (χ1n) is 4.09. The molecule has 72 valence electrons. The van der Waals surface area contributed by atoms with E-state index in [4.69, 9.17) is 6.57 Å². The normalized spacial score (nSPS) is 9.14. The van der Waals surface area contributed by atoms with E-state index in [1.54, 1.807) is 11.9 Å². The van der Waals surface area contributed by atoms with Crippen LogP contribution < -0.4 is 4.90 Å². The molecule has 0 saturated carbocycles. The maximum Gasteiger partial charge on any atom is 0.232 e. The van der Waals surface area contributed by atoms with Crippen molar-refractivity contribution >= 4 is 12.2 Å². The average Bonchev–Trinajstić information content (AvgIpc) is 2.26. The van der Waals surface area contributed by atoms with Gasteiger partial charge in [-0.2, -0.15) is 0 Å². The quantitative estimate of drug-likeness (QED) is 0.516. The summed E-state index contributed by atoms with van der Waals surface area (Å²) in [6.07, 6.45) is 3.62. The second-order valence-electron chi connectivity index (χ2n) is 2.74. The van der Waals surface area contributed by atoms with Crippen LogP contribution in [0.5, 0.6) is 0 Å². The van der Waals surface area contributed by atoms with Crippen LogP contribution in [-0.2, 0) is 0 Å². The van der Waals surface area contributed by atoms with Crippen LogP contribution in [0, 0.1) is 6.57 Å². The molecule has 0 aliphatic rings. The summed E-state index contributed by atoms with van der Waals surface area (Å²) >= 11 is 0. The number of nitrogens with zero attached hydrogens (tertiary/aromatic N) is 4. The smallest absolute Gasteiger partial charge is 0.232 e. The van der Waals surface area contributed by atoms with Gasteiger partial charge in [-0.25, -0.2) is 16.5 Å². The second kappa shape index (κ2) is 4.92. The van der Waals surface area contributed by atoms with Gasteiger partial charge in [0.15, 0.2) is 6.29 Å². The minimum atomic E-state index is 0.412. The van der Waals surface area contributed by atoms with Crippen molar-refractivity contribution in [3.8, 4) is 0 Å². The number of hydrogen-bond donors (Lipinski definition) is 0. The van der Waals surface area contributed by atoms with Gasteiger partial charge in [0.25, 0.3) is 0 Å². The standard InChI is InChI=1S/C9H10N4O/c1-10-3-4-13(2)9-11-5-8(7-14)6-12-9/h5-7H,3-4H2,2H3. The summed E-state index contributed by atoms with van der Waals surface area (Å²) in [4.78, 5) is 23.3. The van der Waals surface area contributed by atoms with E-state index in [1.165, 1.54) is 12.4 Å². The van der Waals surface area contributed by atoms with Gasteiger partial charge in [-0.1, -0.05) is 0 Å². The van der Waals surface area contributed by atoms with Crippen LogP contribution in [0.2, 0.25) is 0 Å². The largest absolute Gasteiger partial charge is 0.336 e. The fourth-order valence-electron chi connectivity index (χ4n) is 0.889. The molecule has 0 aromatic carbocycles. The van der Waals surface area contributed by atoms with E-state index in [0.717, 1.165) is 0 Å². The molecule has 0 aliphatic carbocycles. The molecule has 1 aromatic heterocycles. The fraction of sp³-hybridized carbons (Fsp3) is 0.333. The first-order valence-corrected chi connectivity index (χ1v) is 4.09. The van der Waals surface area contributed by atoms with Crippen LogP contribution in [-0.4, -0.2) is 36.4 Å². The monoisotopic (exact) mass is 190 g/mol. The Hall–Kier alpha value is -1.96. The highest BCUT2D eigenvalue weighted by atomic mass is 16.1. The molecule has 5 heteroatoms. The van der Waals surface area contributed by atoms with Gasteiger partial charge >= 0.3 is 0 Å². The molecular weight excluding hydrogens is 180 g/mol. The molecule has 0 radical (unpaired) electrons. The first kappa shape index (κ1) is 10.1. The molecule has 0 amide bonds. The van der Waals surface area contributed by atoms with Crippen molar-refractivity contribution in [1.29, 1.82) is 0 Å². The predicted molar refractivity (Wildman–Crippen MR) is 52.2 cm³/mol. The zero-order chi connectivity index (χ0) is 10.4. The summed E-state index contributed by atoms with van der Waals surface area (Å²) in [5, 5.41) is 0. The third kappa shape index (κ3) is 2.52. The van der Waals surface area contributed by atoms with E-state index in [1.807, 2.05) is 0 Å². The summed E-state index contributed by atoms with van der Waals surface area (Å²) in [5.74, 6) is 0.527. The Morgan fingerprint density at radius 3 is 2.71 bits per heavy atom. The van der Waals surface area contributed by atoms with Gasteiger partial charge in [0, 0.05) is 19.4 Å². The number of hydrogen-bond acceptors (Lipinski definition) is 4. The van der Waals surface area contributed by atoms with Gasteiger partial charge in [-0.3, -0.25) is 4.79 Å². The third-order valence-electron chi connectivity index (χ3n) is 1.68. The SMILES string of the molecule is [C-]#[N+]CCN(C)c1ncc(C=O)cn1. The lowest BCUT2D eigenvalue weighted by molar-refractivity contribution is 0.112. The Labute approximate surface area is 82.2 Å². The van der Waals surface area contributed by atoms with Crippen LogP contribution in [0.4, 0.5) is 5.95 Å². The van der Waals surface area contributed by atoms with Crippen LogP contribution in [0.25, 0.3) is 4.85 Å². The van der Waals surface area contributed by atoms with Crippen LogP contribution in [0.1, 0.15) is 10.4 Å². The van der Waals surface area contributed by atoms with E-state index >= 15 is 0 Å². The first-order chi connectivity index (χ1) is 6.77. The van der Waals surface area contributed by atoms with Crippen molar-refractivity contribution in [2.45, 2.75) is 0 Å². The van der Waals surface area contributed by atoms with Gasteiger partial charge in [0.2, 0.25) is 12.5 Å². The lowest BCUT2D eigenvalue weighted by Gasteiger charge is -2.12. The highest BCUT2D eigenvalue weighted by Crippen LogP contribution is 2.03. The molecule has 0 spiro atoms. The fourth-order valence-corrected chi connectivity index (χ4v) is 0.889. The second-order valence-corrected chi connectivity index (χ2v) is 2.74. The topological polar surface area (TPSA) is 50.5 Å². The number of likely N-dealkylation sites (N-methyl/N-ethyl adjacent to an activating group) is 1. The third-order valence-corrected chi connectivity index (χ3v) is 1.68. The van der Waals surface area contributed by atoms with Gasteiger partial charge in [0.05, 0.1) is 12.1 Å². The molecule has 0 saturated heterocycles. The summed E-state index contributed by atoms with van der Waals surface area (Å²) in [5.41, 5.74) is 0.451. The van der Waals surface area contributed by atoms with Crippen molar-refractivity contribution in [2.75, 3.05) is 25.0 Å². The van der Waals surface area contributed by atoms with Gasteiger partial charge in [-0.15, -0.1) is 0 Å². The Balaban J connectivity index is 2.67. The van der Waals surface area contributed by atoms with Crippen molar-refractivity contribution in [3.63, 3.8) is 0 Å². The molecule has 0 fully saturated rings. The van der Waals surface area contributed by atoms with E-state index in [2.05, 4.69) is 14.8 Å². The molecule has 0 aliphatic heterocycles. The van der Waals surface area contributed by atoms with E-state index in [-0.39, 0.29) is 0 Å². The average molecular weight is 190 g/mol. The molecular formula is C9H10N4O. The van der Waals surface area contributed by atoms with Gasteiger partial charge in [0.1, 0.15) is 0 Å². The predicted octanol–water partition coefficient (Wildman–Crippen LogP) is 0.645. The Bertz CT molecular complexity index is 341. The Kier molecular flexibility index (Phi) is 3.56. The number of aromatic nitrogens is 2. The maximum atomic E-state index is 10.3. The molecule has 14 heavy (non-hydrogen) atoms. The Morgan fingerprint density at radius 2 is 2.21 bits per heavy atom. The molecule has 1 heterocycles. The molecule has 0 bridgehead atoms. The summed E-state index contributed by atoms with van der Waals surface area (Å²) in [6.45, 7) is 7.63. The highest BCUT2D eigenvalue weighted by molar-refractivity contribution is 5.73. The number of anilines is 1. The lowest BCUT2D eigenvalue weighted by atomic mass is 10.4. The van der Waals surface area contributed by atoms with Gasteiger partial charge in [-0.05, 0) is 0 Å². The number of aldehydes is 1. The molecule has 5 nitrogen and oxygen atoms in total. The number of rotatable bonds is 4. The van der Waals surface area contributed by atoms with Crippen LogP contribution >= 0.6 is 0 Å². The Morgan fingerprint density at radius 1 is 1.57 bits per heavy atom. The lowest BCUT2D eigenvalue weighted by Crippen LogP contribution is -2.22. The zero-order valence-corrected chi connectivity index (χ0v) is 7.84. The molecule has 0 atom stereocenters. The highest BCUT2D eigenvalue weighted by Gasteiger charge is 2.04.